The van der Waals surface area contributed by atoms with Crippen LogP contribution < -0.4 is 9.47 Å². The summed E-state index contributed by atoms with van der Waals surface area (Å²) in [6.07, 6.45) is 3.04. The molecule has 6 aromatic rings. The summed E-state index contributed by atoms with van der Waals surface area (Å²) in [5.74, 6) is -0.419. The minimum absolute atomic E-state index is 0.209. The molecule has 0 radical (unpaired) electrons. The topological polar surface area (TPSA) is 18.5 Å². The molecule has 2 nitrogen and oxygen atoms in total. The monoisotopic (exact) mass is 810 g/mol. The third-order valence-corrected chi connectivity index (χ3v) is 10.1. The third-order valence-electron chi connectivity index (χ3n) is 10.1. The Kier molecular flexibility index (Phi) is 16.7. The Bertz CT molecular complexity index is 2090. The van der Waals surface area contributed by atoms with Gasteiger partial charge in [-0.3, -0.25) is 0 Å². The summed E-state index contributed by atoms with van der Waals surface area (Å²) in [6, 6.07) is 46.0. The van der Waals surface area contributed by atoms with Crippen LogP contribution in [0.15, 0.2) is 146 Å². The Hall–Kier alpha value is -5.50. The van der Waals surface area contributed by atoms with Crippen LogP contribution in [-0.4, -0.2) is 12.7 Å². The fraction of sp³-hybridized carbons (Fsp3) is 0.294. The second kappa shape index (κ2) is 22.0. The summed E-state index contributed by atoms with van der Waals surface area (Å²) in [7, 11) is 0. The van der Waals surface area contributed by atoms with Gasteiger partial charge in [-0.15, -0.1) is 26.3 Å². The first-order chi connectivity index (χ1) is 28.4. The van der Waals surface area contributed by atoms with Gasteiger partial charge < -0.3 is 9.47 Å². The van der Waals surface area contributed by atoms with E-state index in [0.717, 1.165) is 60.8 Å². The average molecular weight is 811 g/mol. The Morgan fingerprint density at radius 3 is 0.814 bits per heavy atom. The molecule has 6 rings (SSSR count). The van der Waals surface area contributed by atoms with E-state index in [-0.39, 0.29) is 11.5 Å². The Morgan fingerprint density at radius 2 is 0.542 bits per heavy atom. The first kappa shape index (κ1) is 44.6. The summed E-state index contributed by atoms with van der Waals surface area (Å²) < 4.78 is 81.4. The lowest BCUT2D eigenvalue weighted by molar-refractivity contribution is -0.275. The molecule has 0 atom stereocenters. The quantitative estimate of drug-likeness (QED) is 0.0675. The van der Waals surface area contributed by atoms with Crippen LogP contribution in [0.4, 0.5) is 26.3 Å². The fourth-order valence-electron chi connectivity index (χ4n) is 6.71. The number of hydrogen-bond donors (Lipinski definition) is 0. The lowest BCUT2D eigenvalue weighted by Gasteiger charge is -2.10. The van der Waals surface area contributed by atoms with Crippen LogP contribution in [-0.2, 0) is 38.5 Å². The van der Waals surface area contributed by atoms with Crippen LogP contribution in [0.1, 0.15) is 79.3 Å². The number of halogens is 6. The van der Waals surface area contributed by atoms with E-state index in [1.807, 2.05) is 24.3 Å². The summed E-state index contributed by atoms with van der Waals surface area (Å²) in [5.41, 5.74) is 11.6. The van der Waals surface area contributed by atoms with Crippen molar-refractivity contribution in [2.75, 3.05) is 0 Å². The van der Waals surface area contributed by atoms with Crippen LogP contribution in [0.3, 0.4) is 0 Å². The van der Waals surface area contributed by atoms with E-state index < -0.39 is 12.7 Å². The molecule has 0 N–H and O–H groups in total. The largest absolute Gasteiger partial charge is 0.573 e. The van der Waals surface area contributed by atoms with Crippen molar-refractivity contribution < 1.29 is 35.8 Å². The molecule has 8 heteroatoms. The fourth-order valence-corrected chi connectivity index (χ4v) is 6.71. The second-order valence-electron chi connectivity index (χ2n) is 14.7. The molecule has 0 saturated carbocycles. The molecule has 0 aromatic heterocycles. The van der Waals surface area contributed by atoms with Crippen molar-refractivity contribution in [3.8, 4) is 33.8 Å². The Labute approximate surface area is 344 Å². The molecular weight excluding hydrogens is 759 g/mol. The molecule has 0 aliphatic heterocycles. The highest BCUT2D eigenvalue weighted by Gasteiger charge is 2.31. The highest BCUT2D eigenvalue weighted by molar-refractivity contribution is 5.65. The van der Waals surface area contributed by atoms with E-state index in [1.54, 1.807) is 24.3 Å². The normalized spacial score (nSPS) is 11.5. The van der Waals surface area contributed by atoms with Crippen LogP contribution in [0.25, 0.3) is 22.3 Å². The molecule has 59 heavy (non-hydrogen) atoms. The van der Waals surface area contributed by atoms with Gasteiger partial charge in [0.2, 0.25) is 0 Å². The molecule has 0 aliphatic rings. The van der Waals surface area contributed by atoms with E-state index >= 15 is 0 Å². The maximum Gasteiger partial charge on any atom is 0.573 e. The van der Waals surface area contributed by atoms with Gasteiger partial charge in [-0.2, -0.15) is 0 Å². The van der Waals surface area contributed by atoms with Gasteiger partial charge in [0.05, 0.1) is 0 Å². The molecule has 0 heterocycles. The second-order valence-corrected chi connectivity index (χ2v) is 14.7. The van der Waals surface area contributed by atoms with Crippen LogP contribution in [0.5, 0.6) is 11.5 Å². The van der Waals surface area contributed by atoms with Crippen molar-refractivity contribution in [3.05, 3.63) is 179 Å². The van der Waals surface area contributed by atoms with Crippen molar-refractivity contribution in [3.63, 3.8) is 0 Å². The standard InChI is InChI=1S/C26H27F3O.C25H25F3O/c1-2-3-4-5-20-6-8-21(9-7-20)10-11-22-12-14-23(15-13-22)24-16-18-25(19-17-24)30-26(27,28)29;1-2-3-4-19-5-7-20(8-6-19)9-10-21-11-13-22(14-12-21)23-15-17-24(18-16-23)29-25(26,27)28/h6-9,12-19H,2-5,10-11H2,1H3;5-8,11-18H,2-4,9-10H2,1H3. The summed E-state index contributed by atoms with van der Waals surface area (Å²) in [6.45, 7) is 4.43. The summed E-state index contributed by atoms with van der Waals surface area (Å²) in [5, 5.41) is 0. The molecule has 0 bridgehead atoms. The third kappa shape index (κ3) is 16.0. The molecule has 6 aromatic carbocycles. The molecular formula is C51H52F6O2. The number of unbranched alkanes of at least 4 members (excludes halogenated alkanes) is 3. The zero-order chi connectivity index (χ0) is 42.1. The van der Waals surface area contributed by atoms with Crippen LogP contribution >= 0.6 is 0 Å². The van der Waals surface area contributed by atoms with Crippen molar-refractivity contribution >= 4 is 0 Å². The average Bonchev–Trinajstić information content (AvgIpc) is 3.22. The van der Waals surface area contributed by atoms with Gasteiger partial charge in [-0.05, 0) is 131 Å². The number of hydrogen-bond acceptors (Lipinski definition) is 2. The molecule has 0 amide bonds. The number of ether oxygens (including phenoxy) is 2. The van der Waals surface area contributed by atoms with Gasteiger partial charge in [0, 0.05) is 0 Å². The van der Waals surface area contributed by atoms with Crippen molar-refractivity contribution in [2.24, 2.45) is 0 Å². The maximum absolute atomic E-state index is 12.3. The minimum Gasteiger partial charge on any atom is -0.406 e. The molecule has 0 saturated heterocycles. The molecule has 0 spiro atoms. The van der Waals surface area contributed by atoms with Gasteiger partial charge in [-0.25, -0.2) is 0 Å². The lowest BCUT2D eigenvalue weighted by Crippen LogP contribution is -2.16. The number of alkyl halides is 6. The summed E-state index contributed by atoms with van der Waals surface area (Å²) in [4.78, 5) is 0. The smallest absolute Gasteiger partial charge is 0.406 e. The number of benzene rings is 6. The Balaban J connectivity index is 0.000000224. The molecule has 0 unspecified atom stereocenters. The van der Waals surface area contributed by atoms with Crippen LogP contribution in [0, 0.1) is 0 Å². The summed E-state index contributed by atoms with van der Waals surface area (Å²) >= 11 is 0. The zero-order valence-electron chi connectivity index (χ0n) is 33.7. The van der Waals surface area contributed by atoms with Crippen molar-refractivity contribution in [1.82, 2.24) is 0 Å². The lowest BCUT2D eigenvalue weighted by atomic mass is 9.99. The van der Waals surface area contributed by atoms with E-state index in [0.29, 0.717) is 0 Å². The van der Waals surface area contributed by atoms with Crippen molar-refractivity contribution in [2.45, 2.75) is 97.2 Å². The van der Waals surface area contributed by atoms with Gasteiger partial charge in [0.1, 0.15) is 11.5 Å². The van der Waals surface area contributed by atoms with E-state index in [9.17, 15) is 26.3 Å². The predicted octanol–water partition coefficient (Wildman–Crippen LogP) is 15.2. The van der Waals surface area contributed by atoms with Crippen molar-refractivity contribution in [1.29, 1.82) is 0 Å². The molecule has 0 aliphatic carbocycles. The van der Waals surface area contributed by atoms with Gasteiger partial charge in [-0.1, -0.05) is 154 Å². The minimum atomic E-state index is -4.67. The first-order valence-electron chi connectivity index (χ1n) is 20.4. The first-order valence-corrected chi connectivity index (χ1v) is 20.4. The number of aryl methyl sites for hydroxylation is 6. The van der Waals surface area contributed by atoms with E-state index in [4.69, 9.17) is 0 Å². The van der Waals surface area contributed by atoms with Crippen LogP contribution in [0.2, 0.25) is 0 Å². The zero-order valence-corrected chi connectivity index (χ0v) is 33.7. The highest BCUT2D eigenvalue weighted by Crippen LogP contribution is 2.29. The van der Waals surface area contributed by atoms with Gasteiger partial charge in [0.25, 0.3) is 0 Å². The predicted molar refractivity (Wildman–Crippen MR) is 227 cm³/mol. The maximum atomic E-state index is 12.3. The SMILES string of the molecule is CCCCCc1ccc(CCc2ccc(-c3ccc(OC(F)(F)F)cc3)cc2)cc1.CCCCc1ccc(CCc2ccc(-c3ccc(OC(F)(F)F)cc3)cc2)cc1. The Morgan fingerprint density at radius 1 is 0.305 bits per heavy atom. The van der Waals surface area contributed by atoms with E-state index in [2.05, 4.69) is 96.1 Å². The van der Waals surface area contributed by atoms with Gasteiger partial charge in [0.15, 0.2) is 0 Å². The highest BCUT2D eigenvalue weighted by atomic mass is 19.4. The molecule has 310 valence electrons. The van der Waals surface area contributed by atoms with E-state index in [1.165, 1.54) is 89.8 Å². The van der Waals surface area contributed by atoms with Gasteiger partial charge >= 0.3 is 12.7 Å². The number of rotatable bonds is 17. The molecule has 0 fully saturated rings.